The second-order valence-corrected chi connectivity index (χ2v) is 3.77. The average Bonchev–Trinajstić information content (AvgIpc) is 2.84. The molecule has 100 valence electrons. The van der Waals surface area contributed by atoms with Gasteiger partial charge in [0.1, 0.15) is 11.3 Å². The molecule has 0 radical (unpaired) electrons. The zero-order valence-corrected chi connectivity index (χ0v) is 10.5. The Morgan fingerprint density at radius 1 is 1.32 bits per heavy atom. The van der Waals surface area contributed by atoms with E-state index >= 15 is 0 Å². The highest BCUT2D eigenvalue weighted by Gasteiger charge is 2.18. The first-order valence-corrected chi connectivity index (χ1v) is 5.68. The Bertz CT molecular complexity index is 644. The molecule has 0 atom stereocenters. The Labute approximate surface area is 109 Å². The number of ether oxygens (including phenoxy) is 2. The number of phenols is 1. The van der Waals surface area contributed by atoms with Gasteiger partial charge in [0.15, 0.2) is 0 Å². The summed E-state index contributed by atoms with van der Waals surface area (Å²) < 4.78 is 10.7. The lowest BCUT2D eigenvalue weighted by atomic mass is 10.1. The van der Waals surface area contributed by atoms with E-state index < -0.39 is 12.1 Å². The van der Waals surface area contributed by atoms with Gasteiger partial charge in [-0.2, -0.15) is 0 Å². The van der Waals surface area contributed by atoms with Gasteiger partial charge >= 0.3 is 12.1 Å². The molecule has 0 unspecified atom stereocenters. The Balaban J connectivity index is 2.65. The van der Waals surface area contributed by atoms with Crippen LogP contribution in [0.5, 0.6) is 5.75 Å². The molecule has 1 aromatic carbocycles. The molecule has 1 heterocycles. The number of phenolic OH excluding ortho intramolecular Hbond substituents is 1. The third-order valence-corrected chi connectivity index (χ3v) is 2.70. The second kappa shape index (κ2) is 5.01. The standard InChI is InChI=1S/C13H13NO5/c1-3-19-13(17)14-7-6-8-9(12(16)18-2)4-5-10(15)11(8)14/h4-7,15H,3H2,1-2H3. The number of carbonyl (C=O) groups excluding carboxylic acids is 2. The van der Waals surface area contributed by atoms with Crippen molar-refractivity contribution in [2.24, 2.45) is 0 Å². The lowest BCUT2D eigenvalue weighted by Crippen LogP contribution is -2.12. The summed E-state index contributed by atoms with van der Waals surface area (Å²) >= 11 is 0. The summed E-state index contributed by atoms with van der Waals surface area (Å²) in [6, 6.07) is 4.33. The third-order valence-electron chi connectivity index (χ3n) is 2.70. The number of nitrogens with zero attached hydrogens (tertiary/aromatic N) is 1. The summed E-state index contributed by atoms with van der Waals surface area (Å²) in [4.78, 5) is 23.4. The molecule has 1 aromatic heterocycles. The van der Waals surface area contributed by atoms with Crippen LogP contribution in [0.2, 0.25) is 0 Å². The minimum atomic E-state index is -0.616. The molecule has 0 spiro atoms. The number of hydrogen-bond donors (Lipinski definition) is 1. The van der Waals surface area contributed by atoms with E-state index in [0.29, 0.717) is 5.39 Å². The van der Waals surface area contributed by atoms with Gasteiger partial charge in [-0.3, -0.25) is 0 Å². The van der Waals surface area contributed by atoms with Gasteiger partial charge in [0.25, 0.3) is 0 Å². The van der Waals surface area contributed by atoms with Gasteiger partial charge in [0.2, 0.25) is 0 Å². The molecule has 6 nitrogen and oxygen atoms in total. The molecule has 6 heteroatoms. The minimum Gasteiger partial charge on any atom is -0.506 e. The number of fused-ring (bicyclic) bond motifs is 1. The Kier molecular flexibility index (Phi) is 3.41. The van der Waals surface area contributed by atoms with Crippen LogP contribution in [0.25, 0.3) is 10.9 Å². The van der Waals surface area contributed by atoms with Crippen LogP contribution < -0.4 is 0 Å². The molecule has 0 aliphatic rings. The van der Waals surface area contributed by atoms with Gasteiger partial charge in [0, 0.05) is 11.6 Å². The van der Waals surface area contributed by atoms with Gasteiger partial charge < -0.3 is 14.6 Å². The monoisotopic (exact) mass is 263 g/mol. The molecule has 19 heavy (non-hydrogen) atoms. The lowest BCUT2D eigenvalue weighted by Gasteiger charge is -2.07. The van der Waals surface area contributed by atoms with Gasteiger partial charge in [-0.05, 0) is 25.1 Å². The Morgan fingerprint density at radius 2 is 2.05 bits per heavy atom. The topological polar surface area (TPSA) is 77.8 Å². The predicted octanol–water partition coefficient (Wildman–Crippen LogP) is 2.14. The van der Waals surface area contributed by atoms with Crippen LogP contribution in [-0.4, -0.2) is 35.5 Å². The van der Waals surface area contributed by atoms with E-state index in [1.807, 2.05) is 0 Å². The van der Waals surface area contributed by atoms with Crippen LogP contribution in [0.1, 0.15) is 17.3 Å². The van der Waals surface area contributed by atoms with Crippen LogP contribution in [0.3, 0.4) is 0 Å². The maximum absolute atomic E-state index is 11.7. The van der Waals surface area contributed by atoms with E-state index in [0.717, 1.165) is 4.57 Å². The number of esters is 1. The molecule has 0 fully saturated rings. The summed E-state index contributed by atoms with van der Waals surface area (Å²) in [5.41, 5.74) is 0.500. The molecule has 0 amide bonds. The number of rotatable bonds is 2. The molecule has 0 aliphatic heterocycles. The lowest BCUT2D eigenvalue weighted by molar-refractivity contribution is 0.0603. The smallest absolute Gasteiger partial charge is 0.418 e. The maximum atomic E-state index is 11.7. The predicted molar refractivity (Wildman–Crippen MR) is 67.4 cm³/mol. The first-order valence-electron chi connectivity index (χ1n) is 5.68. The van der Waals surface area contributed by atoms with Gasteiger partial charge in [-0.1, -0.05) is 0 Å². The first kappa shape index (κ1) is 12.9. The number of hydrogen-bond acceptors (Lipinski definition) is 5. The number of aromatic hydroxyl groups is 1. The largest absolute Gasteiger partial charge is 0.506 e. The van der Waals surface area contributed by atoms with Crippen molar-refractivity contribution in [1.29, 1.82) is 0 Å². The highest BCUT2D eigenvalue weighted by atomic mass is 16.5. The van der Waals surface area contributed by atoms with E-state index in [2.05, 4.69) is 4.74 Å². The van der Waals surface area contributed by atoms with E-state index in [1.54, 1.807) is 13.0 Å². The van der Waals surface area contributed by atoms with Crippen molar-refractivity contribution < 1.29 is 24.2 Å². The first-order chi connectivity index (χ1) is 9.10. The molecular weight excluding hydrogens is 250 g/mol. The molecule has 1 N–H and O–H groups in total. The second-order valence-electron chi connectivity index (χ2n) is 3.77. The minimum absolute atomic E-state index is 0.110. The van der Waals surface area contributed by atoms with E-state index in [9.17, 15) is 14.7 Å². The quantitative estimate of drug-likeness (QED) is 0.840. The summed E-state index contributed by atoms with van der Waals surface area (Å²) in [5.74, 6) is -0.646. The van der Waals surface area contributed by atoms with Crippen LogP contribution >= 0.6 is 0 Å². The normalized spacial score (nSPS) is 10.4. The van der Waals surface area contributed by atoms with Crippen molar-refractivity contribution in [3.63, 3.8) is 0 Å². The molecular formula is C13H13NO5. The molecule has 0 saturated carbocycles. The van der Waals surface area contributed by atoms with Gasteiger partial charge in [-0.15, -0.1) is 0 Å². The molecule has 0 aliphatic carbocycles. The SMILES string of the molecule is CCOC(=O)n1ccc2c(C(=O)OC)ccc(O)c21. The fourth-order valence-corrected chi connectivity index (χ4v) is 1.88. The number of aromatic nitrogens is 1. The van der Waals surface area contributed by atoms with Crippen molar-refractivity contribution in [3.05, 3.63) is 30.0 Å². The summed E-state index contributed by atoms with van der Waals surface area (Å²) in [6.45, 7) is 1.90. The maximum Gasteiger partial charge on any atom is 0.418 e. The third kappa shape index (κ3) is 2.12. The summed E-state index contributed by atoms with van der Waals surface area (Å²) in [5, 5.41) is 10.3. The number of carbonyl (C=O) groups is 2. The van der Waals surface area contributed by atoms with Crippen molar-refractivity contribution >= 4 is 23.0 Å². The van der Waals surface area contributed by atoms with E-state index in [1.165, 1.54) is 25.4 Å². The van der Waals surface area contributed by atoms with Crippen molar-refractivity contribution in [2.45, 2.75) is 6.92 Å². The number of benzene rings is 1. The molecule has 0 saturated heterocycles. The Morgan fingerprint density at radius 3 is 2.68 bits per heavy atom. The Hall–Kier alpha value is -2.50. The van der Waals surface area contributed by atoms with E-state index in [4.69, 9.17) is 4.74 Å². The summed E-state index contributed by atoms with van der Waals surface area (Å²) in [6.07, 6.45) is 0.823. The van der Waals surface area contributed by atoms with Crippen molar-refractivity contribution in [3.8, 4) is 5.75 Å². The van der Waals surface area contributed by atoms with Crippen LogP contribution in [-0.2, 0) is 9.47 Å². The van der Waals surface area contributed by atoms with E-state index in [-0.39, 0.29) is 23.4 Å². The highest BCUT2D eigenvalue weighted by Crippen LogP contribution is 2.29. The van der Waals surface area contributed by atoms with Crippen LogP contribution in [0.15, 0.2) is 24.4 Å². The van der Waals surface area contributed by atoms with Crippen LogP contribution in [0.4, 0.5) is 4.79 Å². The van der Waals surface area contributed by atoms with Crippen LogP contribution in [0, 0.1) is 0 Å². The fraction of sp³-hybridized carbons (Fsp3) is 0.231. The summed E-state index contributed by atoms with van der Waals surface area (Å²) in [7, 11) is 1.27. The number of methoxy groups -OCH3 is 1. The van der Waals surface area contributed by atoms with Crippen molar-refractivity contribution in [1.82, 2.24) is 4.57 Å². The van der Waals surface area contributed by atoms with Gasteiger partial charge in [0.05, 0.1) is 19.3 Å². The highest BCUT2D eigenvalue weighted by molar-refractivity contribution is 6.07. The zero-order chi connectivity index (χ0) is 14.0. The van der Waals surface area contributed by atoms with Gasteiger partial charge in [-0.25, -0.2) is 14.2 Å². The average molecular weight is 263 g/mol. The fourth-order valence-electron chi connectivity index (χ4n) is 1.88. The molecule has 2 rings (SSSR count). The molecule has 2 aromatic rings. The van der Waals surface area contributed by atoms with Crippen molar-refractivity contribution in [2.75, 3.05) is 13.7 Å². The zero-order valence-electron chi connectivity index (χ0n) is 10.5. The molecule has 0 bridgehead atoms.